The minimum Gasteiger partial charge on any atom is -0.378 e. The Morgan fingerprint density at radius 2 is 2.00 bits per heavy atom. The summed E-state index contributed by atoms with van der Waals surface area (Å²) in [5.74, 6) is 0.198. The third kappa shape index (κ3) is 5.40. The lowest BCUT2D eigenvalue weighted by atomic mass is 10.1. The summed E-state index contributed by atoms with van der Waals surface area (Å²) in [5.41, 5.74) is 0.168. The van der Waals surface area contributed by atoms with Crippen molar-refractivity contribution in [3.05, 3.63) is 53.3 Å². The summed E-state index contributed by atoms with van der Waals surface area (Å²) in [4.78, 5) is 22.7. The summed E-state index contributed by atoms with van der Waals surface area (Å²) >= 11 is 0. The minimum absolute atomic E-state index is 0.134. The third-order valence-corrected chi connectivity index (χ3v) is 4.08. The Kier molecular flexibility index (Phi) is 5.90. The number of hydrogen-bond donors (Lipinski definition) is 1. The topological polar surface area (TPSA) is 67.4 Å². The minimum atomic E-state index is -4.43. The maximum Gasteiger partial charge on any atom is 0.416 e. The van der Waals surface area contributed by atoms with E-state index in [9.17, 15) is 18.0 Å². The molecule has 144 valence electrons. The number of ether oxygens (including phenoxy) is 1. The number of amides is 1. The first-order valence-electron chi connectivity index (χ1n) is 8.49. The maximum atomic E-state index is 12.7. The van der Waals surface area contributed by atoms with Crippen LogP contribution in [0, 0.1) is 0 Å². The number of anilines is 1. The molecule has 3 rings (SSSR count). The van der Waals surface area contributed by atoms with Crippen LogP contribution in [0.15, 0.2) is 36.5 Å². The van der Waals surface area contributed by atoms with Gasteiger partial charge >= 0.3 is 6.18 Å². The highest BCUT2D eigenvalue weighted by atomic mass is 19.4. The summed E-state index contributed by atoms with van der Waals surface area (Å²) in [7, 11) is 0. The van der Waals surface area contributed by atoms with Crippen molar-refractivity contribution in [3.63, 3.8) is 0 Å². The van der Waals surface area contributed by atoms with Crippen LogP contribution in [0.1, 0.15) is 16.8 Å². The number of carbonyl (C=O) groups excluding carboxylic acids is 1. The summed E-state index contributed by atoms with van der Waals surface area (Å²) in [6.07, 6.45) is -2.94. The molecular formula is C18H19F3N4O2. The van der Waals surface area contributed by atoms with E-state index in [4.69, 9.17) is 4.74 Å². The van der Waals surface area contributed by atoms with Gasteiger partial charge in [0.2, 0.25) is 11.9 Å². The van der Waals surface area contributed by atoms with E-state index in [0.29, 0.717) is 43.5 Å². The Morgan fingerprint density at radius 1 is 1.22 bits per heavy atom. The Hall–Kier alpha value is -2.68. The second-order valence-electron chi connectivity index (χ2n) is 6.10. The predicted molar refractivity (Wildman–Crippen MR) is 92.1 cm³/mol. The Morgan fingerprint density at radius 3 is 2.74 bits per heavy atom. The number of aromatic nitrogens is 2. The van der Waals surface area contributed by atoms with E-state index in [1.165, 1.54) is 12.1 Å². The molecule has 1 saturated heterocycles. The molecule has 0 radical (unpaired) electrons. The first-order valence-corrected chi connectivity index (χ1v) is 8.49. The molecule has 1 aromatic carbocycles. The second-order valence-corrected chi connectivity index (χ2v) is 6.10. The fraction of sp³-hybridized carbons (Fsp3) is 0.389. The maximum absolute atomic E-state index is 12.7. The zero-order valence-corrected chi connectivity index (χ0v) is 14.5. The summed E-state index contributed by atoms with van der Waals surface area (Å²) < 4.78 is 43.5. The van der Waals surface area contributed by atoms with Crippen molar-refractivity contribution in [3.8, 4) is 0 Å². The van der Waals surface area contributed by atoms with Gasteiger partial charge in [-0.3, -0.25) is 4.79 Å². The van der Waals surface area contributed by atoms with Gasteiger partial charge < -0.3 is 15.0 Å². The SMILES string of the molecule is O=C(Cc1cccc(C(F)(F)F)c1)NCc1ccnc(N2CCOCC2)n1. The monoisotopic (exact) mass is 380 g/mol. The molecule has 0 spiro atoms. The van der Waals surface area contributed by atoms with Crippen molar-refractivity contribution in [1.29, 1.82) is 0 Å². The van der Waals surface area contributed by atoms with Gasteiger partial charge in [-0.25, -0.2) is 9.97 Å². The lowest BCUT2D eigenvalue weighted by Gasteiger charge is -2.26. The van der Waals surface area contributed by atoms with E-state index in [2.05, 4.69) is 15.3 Å². The van der Waals surface area contributed by atoms with Gasteiger partial charge in [-0.15, -0.1) is 0 Å². The van der Waals surface area contributed by atoms with Crippen molar-refractivity contribution in [2.24, 2.45) is 0 Å². The number of nitrogens with zero attached hydrogens (tertiary/aromatic N) is 3. The molecule has 0 bridgehead atoms. The van der Waals surface area contributed by atoms with E-state index in [0.717, 1.165) is 12.1 Å². The number of halogens is 3. The molecule has 6 nitrogen and oxygen atoms in total. The first-order chi connectivity index (χ1) is 12.9. The normalized spacial score (nSPS) is 14.9. The molecule has 1 amide bonds. The molecule has 1 fully saturated rings. The van der Waals surface area contributed by atoms with Crippen LogP contribution in [0.4, 0.5) is 19.1 Å². The van der Waals surface area contributed by atoms with Gasteiger partial charge in [0, 0.05) is 19.3 Å². The van der Waals surface area contributed by atoms with Crippen molar-refractivity contribution in [2.75, 3.05) is 31.2 Å². The number of alkyl halides is 3. The lowest BCUT2D eigenvalue weighted by molar-refractivity contribution is -0.137. The number of benzene rings is 1. The fourth-order valence-electron chi connectivity index (χ4n) is 2.69. The van der Waals surface area contributed by atoms with Crippen LogP contribution in [-0.4, -0.2) is 42.2 Å². The van der Waals surface area contributed by atoms with Crippen LogP contribution < -0.4 is 10.2 Å². The molecule has 1 aliphatic heterocycles. The zero-order valence-electron chi connectivity index (χ0n) is 14.5. The summed E-state index contributed by atoms with van der Waals surface area (Å²) in [6, 6.07) is 6.45. The quantitative estimate of drug-likeness (QED) is 0.861. The van der Waals surface area contributed by atoms with Gasteiger partial charge in [-0.1, -0.05) is 18.2 Å². The number of carbonyl (C=O) groups is 1. The van der Waals surface area contributed by atoms with Gasteiger partial charge in [0.15, 0.2) is 0 Å². The molecule has 9 heteroatoms. The molecule has 27 heavy (non-hydrogen) atoms. The smallest absolute Gasteiger partial charge is 0.378 e. The fourth-order valence-corrected chi connectivity index (χ4v) is 2.69. The molecule has 0 atom stereocenters. The molecule has 1 aromatic heterocycles. The van der Waals surface area contributed by atoms with E-state index < -0.39 is 11.7 Å². The molecular weight excluding hydrogens is 361 g/mol. The van der Waals surface area contributed by atoms with E-state index in [-0.39, 0.29) is 18.9 Å². The number of nitrogens with one attached hydrogen (secondary N) is 1. The van der Waals surface area contributed by atoms with Gasteiger partial charge in [0.25, 0.3) is 0 Å². The largest absolute Gasteiger partial charge is 0.416 e. The summed E-state index contributed by atoms with van der Waals surface area (Å²) in [6.45, 7) is 2.80. The van der Waals surface area contributed by atoms with Gasteiger partial charge in [0.05, 0.1) is 37.4 Å². The van der Waals surface area contributed by atoms with Crippen LogP contribution in [0.3, 0.4) is 0 Å². The molecule has 1 aliphatic rings. The Labute approximate surface area is 154 Å². The van der Waals surface area contributed by atoms with Crippen LogP contribution in [0.5, 0.6) is 0 Å². The average molecular weight is 380 g/mol. The van der Waals surface area contributed by atoms with Gasteiger partial charge in [-0.05, 0) is 17.7 Å². The van der Waals surface area contributed by atoms with Crippen molar-refractivity contribution in [2.45, 2.75) is 19.1 Å². The van der Waals surface area contributed by atoms with Gasteiger partial charge in [0.1, 0.15) is 0 Å². The average Bonchev–Trinajstić information content (AvgIpc) is 2.67. The number of morpholine rings is 1. The molecule has 1 N–H and O–H groups in total. The standard InChI is InChI=1S/C18H19F3N4O2/c19-18(20,21)14-3-1-2-13(10-14)11-16(26)23-12-15-4-5-22-17(24-15)25-6-8-27-9-7-25/h1-5,10H,6-9,11-12H2,(H,23,26). The Bertz CT molecular complexity index is 792. The highest BCUT2D eigenvalue weighted by molar-refractivity contribution is 5.78. The van der Waals surface area contributed by atoms with Crippen LogP contribution in [0.25, 0.3) is 0 Å². The second kappa shape index (κ2) is 8.34. The van der Waals surface area contributed by atoms with Crippen LogP contribution in [-0.2, 0) is 28.7 Å². The van der Waals surface area contributed by atoms with Crippen molar-refractivity contribution in [1.82, 2.24) is 15.3 Å². The molecule has 2 heterocycles. The number of hydrogen-bond acceptors (Lipinski definition) is 5. The highest BCUT2D eigenvalue weighted by Gasteiger charge is 2.30. The zero-order chi connectivity index (χ0) is 19.3. The third-order valence-electron chi connectivity index (χ3n) is 4.08. The van der Waals surface area contributed by atoms with Crippen molar-refractivity contribution < 1.29 is 22.7 Å². The van der Waals surface area contributed by atoms with Crippen LogP contribution in [0.2, 0.25) is 0 Å². The molecule has 2 aromatic rings. The molecule has 0 unspecified atom stereocenters. The summed E-state index contributed by atoms with van der Waals surface area (Å²) in [5, 5.41) is 2.68. The van der Waals surface area contributed by atoms with E-state index >= 15 is 0 Å². The van der Waals surface area contributed by atoms with E-state index in [1.54, 1.807) is 12.3 Å². The Balaban J connectivity index is 1.56. The molecule has 0 aliphatic carbocycles. The lowest BCUT2D eigenvalue weighted by Crippen LogP contribution is -2.37. The highest BCUT2D eigenvalue weighted by Crippen LogP contribution is 2.29. The van der Waals surface area contributed by atoms with Crippen LogP contribution >= 0.6 is 0 Å². The van der Waals surface area contributed by atoms with Crippen molar-refractivity contribution >= 4 is 11.9 Å². The number of rotatable bonds is 5. The van der Waals surface area contributed by atoms with E-state index in [1.807, 2.05) is 4.90 Å². The first kappa shape index (κ1) is 19.1. The molecule has 0 saturated carbocycles. The predicted octanol–water partition coefficient (Wildman–Crippen LogP) is 2.19. The van der Waals surface area contributed by atoms with Gasteiger partial charge in [-0.2, -0.15) is 13.2 Å².